The number of carbonyl (C=O) groups excluding carboxylic acids is 1. The third kappa shape index (κ3) is 3.05. The SMILES string of the molecule is Cc1ccccc1S(=O)(=O)NC(=O)C1CCc2c(Br)cccc21. The van der Waals surface area contributed by atoms with Crippen molar-refractivity contribution in [2.45, 2.75) is 30.6 Å². The Hall–Kier alpha value is -1.66. The number of fused-ring (bicyclic) bond motifs is 1. The fourth-order valence-electron chi connectivity index (χ4n) is 3.00. The molecule has 0 saturated heterocycles. The van der Waals surface area contributed by atoms with Crippen LogP contribution in [0, 0.1) is 6.92 Å². The lowest BCUT2D eigenvalue weighted by molar-refractivity contribution is -0.120. The van der Waals surface area contributed by atoms with Crippen LogP contribution in [0.1, 0.15) is 29.0 Å². The first-order chi connectivity index (χ1) is 10.9. The van der Waals surface area contributed by atoms with Gasteiger partial charge in [0.25, 0.3) is 10.0 Å². The molecule has 0 radical (unpaired) electrons. The molecule has 1 aliphatic rings. The second kappa shape index (κ2) is 6.09. The minimum absolute atomic E-state index is 0.140. The molecule has 2 aromatic rings. The number of halogens is 1. The molecule has 0 saturated carbocycles. The molecular formula is C17H16BrNO3S. The predicted molar refractivity (Wildman–Crippen MR) is 91.7 cm³/mol. The summed E-state index contributed by atoms with van der Waals surface area (Å²) in [6, 6.07) is 12.3. The zero-order chi connectivity index (χ0) is 16.6. The Bertz CT molecular complexity index is 877. The van der Waals surface area contributed by atoms with Crippen LogP contribution < -0.4 is 4.72 Å². The normalized spacial score (nSPS) is 16.9. The zero-order valence-electron chi connectivity index (χ0n) is 12.5. The summed E-state index contributed by atoms with van der Waals surface area (Å²) < 4.78 is 28.1. The monoisotopic (exact) mass is 393 g/mol. The van der Waals surface area contributed by atoms with Gasteiger partial charge in [-0.15, -0.1) is 0 Å². The summed E-state index contributed by atoms with van der Waals surface area (Å²) in [4.78, 5) is 12.7. The lowest BCUT2D eigenvalue weighted by Gasteiger charge is -2.14. The minimum Gasteiger partial charge on any atom is -0.273 e. The molecule has 3 rings (SSSR count). The number of aryl methyl sites for hydroxylation is 1. The van der Waals surface area contributed by atoms with Gasteiger partial charge < -0.3 is 0 Å². The Morgan fingerprint density at radius 3 is 2.65 bits per heavy atom. The molecule has 0 aromatic heterocycles. The number of sulfonamides is 1. The van der Waals surface area contributed by atoms with Gasteiger partial charge >= 0.3 is 0 Å². The topological polar surface area (TPSA) is 63.2 Å². The quantitative estimate of drug-likeness (QED) is 0.869. The fraction of sp³-hybridized carbons (Fsp3) is 0.235. The van der Waals surface area contributed by atoms with Crippen LogP contribution in [0.25, 0.3) is 0 Å². The van der Waals surface area contributed by atoms with Gasteiger partial charge in [0.2, 0.25) is 5.91 Å². The molecule has 0 fully saturated rings. The van der Waals surface area contributed by atoms with Gasteiger partial charge in [-0.2, -0.15) is 0 Å². The first-order valence-electron chi connectivity index (χ1n) is 7.30. The molecule has 2 aromatic carbocycles. The summed E-state index contributed by atoms with van der Waals surface area (Å²) in [5.74, 6) is -0.897. The number of benzene rings is 2. The maximum absolute atomic E-state index is 12.5. The lowest BCUT2D eigenvalue weighted by Crippen LogP contribution is -2.34. The molecule has 1 aliphatic carbocycles. The minimum atomic E-state index is -3.85. The molecule has 1 amide bonds. The van der Waals surface area contributed by atoms with Crippen molar-refractivity contribution in [2.75, 3.05) is 0 Å². The van der Waals surface area contributed by atoms with Crippen molar-refractivity contribution in [3.63, 3.8) is 0 Å². The molecule has 23 heavy (non-hydrogen) atoms. The van der Waals surface area contributed by atoms with E-state index in [1.807, 2.05) is 18.2 Å². The smallest absolute Gasteiger partial charge is 0.264 e. The van der Waals surface area contributed by atoms with Crippen molar-refractivity contribution in [2.24, 2.45) is 0 Å². The highest BCUT2D eigenvalue weighted by molar-refractivity contribution is 9.10. The van der Waals surface area contributed by atoms with E-state index in [-0.39, 0.29) is 4.90 Å². The number of rotatable bonds is 3. The second-order valence-corrected chi connectivity index (χ2v) is 8.14. The van der Waals surface area contributed by atoms with E-state index in [1.165, 1.54) is 6.07 Å². The van der Waals surface area contributed by atoms with Crippen molar-refractivity contribution in [1.82, 2.24) is 4.72 Å². The molecule has 0 spiro atoms. The summed E-state index contributed by atoms with van der Waals surface area (Å²) in [6.07, 6.45) is 1.38. The highest BCUT2D eigenvalue weighted by Crippen LogP contribution is 2.37. The van der Waals surface area contributed by atoms with E-state index in [9.17, 15) is 13.2 Å². The summed E-state index contributed by atoms with van der Waals surface area (Å²) >= 11 is 3.48. The van der Waals surface area contributed by atoms with Crippen molar-refractivity contribution in [1.29, 1.82) is 0 Å². The summed E-state index contributed by atoms with van der Waals surface area (Å²) in [7, 11) is -3.85. The van der Waals surface area contributed by atoms with Crippen LogP contribution >= 0.6 is 15.9 Å². The second-order valence-electron chi connectivity index (χ2n) is 5.63. The summed E-state index contributed by atoms with van der Waals surface area (Å²) in [6.45, 7) is 1.71. The lowest BCUT2D eigenvalue weighted by atomic mass is 10.0. The third-order valence-corrected chi connectivity index (χ3v) is 6.40. The molecule has 1 unspecified atom stereocenters. The predicted octanol–water partition coefficient (Wildman–Crippen LogP) is 3.29. The van der Waals surface area contributed by atoms with E-state index in [2.05, 4.69) is 20.7 Å². The van der Waals surface area contributed by atoms with Gasteiger partial charge in [-0.05, 0) is 48.6 Å². The Labute approximate surface area is 144 Å². The van der Waals surface area contributed by atoms with Crippen LogP contribution in [0.5, 0.6) is 0 Å². The van der Waals surface area contributed by atoms with Gasteiger partial charge in [0.05, 0.1) is 10.8 Å². The van der Waals surface area contributed by atoms with E-state index in [0.29, 0.717) is 12.0 Å². The number of nitrogens with one attached hydrogen (secondary N) is 1. The number of carbonyl (C=O) groups is 1. The molecule has 1 atom stereocenters. The van der Waals surface area contributed by atoms with E-state index in [4.69, 9.17) is 0 Å². The fourth-order valence-corrected chi connectivity index (χ4v) is 4.85. The average molecular weight is 394 g/mol. The van der Waals surface area contributed by atoms with Crippen LogP contribution in [0.3, 0.4) is 0 Å². The van der Waals surface area contributed by atoms with Crippen LogP contribution in [0.15, 0.2) is 51.8 Å². The standard InChI is InChI=1S/C17H16BrNO3S/c1-11-5-2-3-8-16(11)23(21,22)19-17(20)14-10-9-13-12(14)6-4-7-15(13)18/h2-8,14H,9-10H2,1H3,(H,19,20). The van der Waals surface area contributed by atoms with Crippen LogP contribution in [0.2, 0.25) is 0 Å². The summed E-state index contributed by atoms with van der Waals surface area (Å²) in [5, 5.41) is 0. The highest BCUT2D eigenvalue weighted by Gasteiger charge is 2.32. The van der Waals surface area contributed by atoms with E-state index in [0.717, 1.165) is 22.0 Å². The molecule has 4 nitrogen and oxygen atoms in total. The average Bonchev–Trinajstić information content (AvgIpc) is 2.92. The van der Waals surface area contributed by atoms with E-state index >= 15 is 0 Å². The molecule has 6 heteroatoms. The first kappa shape index (κ1) is 16.2. The molecule has 1 N–H and O–H groups in total. The van der Waals surface area contributed by atoms with Gasteiger partial charge in [0.15, 0.2) is 0 Å². The van der Waals surface area contributed by atoms with Crippen molar-refractivity contribution in [3.8, 4) is 0 Å². The van der Waals surface area contributed by atoms with Gasteiger partial charge in [0, 0.05) is 4.47 Å². The largest absolute Gasteiger partial charge is 0.273 e. The Kier molecular flexibility index (Phi) is 4.29. The maximum Gasteiger partial charge on any atom is 0.264 e. The van der Waals surface area contributed by atoms with E-state index < -0.39 is 21.8 Å². The number of amides is 1. The van der Waals surface area contributed by atoms with Gasteiger partial charge in [-0.3, -0.25) is 4.79 Å². The third-order valence-electron chi connectivity index (χ3n) is 4.15. The van der Waals surface area contributed by atoms with Gasteiger partial charge in [-0.25, -0.2) is 13.1 Å². The Morgan fingerprint density at radius 1 is 1.17 bits per heavy atom. The van der Waals surface area contributed by atoms with Crippen molar-refractivity contribution < 1.29 is 13.2 Å². The van der Waals surface area contributed by atoms with Crippen molar-refractivity contribution >= 4 is 31.9 Å². The molecule has 0 bridgehead atoms. The highest BCUT2D eigenvalue weighted by atomic mass is 79.9. The van der Waals surface area contributed by atoms with E-state index in [1.54, 1.807) is 25.1 Å². The zero-order valence-corrected chi connectivity index (χ0v) is 14.9. The molecular weight excluding hydrogens is 378 g/mol. The number of hydrogen-bond acceptors (Lipinski definition) is 3. The maximum atomic E-state index is 12.5. The Balaban J connectivity index is 1.87. The summed E-state index contributed by atoms with van der Waals surface area (Å²) in [5.41, 5.74) is 2.60. The molecule has 0 aliphatic heterocycles. The first-order valence-corrected chi connectivity index (χ1v) is 9.57. The Morgan fingerprint density at radius 2 is 1.91 bits per heavy atom. The number of hydrogen-bond donors (Lipinski definition) is 1. The van der Waals surface area contributed by atoms with Crippen LogP contribution in [0.4, 0.5) is 0 Å². The van der Waals surface area contributed by atoms with Crippen molar-refractivity contribution in [3.05, 3.63) is 63.6 Å². The van der Waals surface area contributed by atoms with Gasteiger partial charge in [-0.1, -0.05) is 46.3 Å². The van der Waals surface area contributed by atoms with Crippen LogP contribution in [-0.2, 0) is 21.2 Å². The van der Waals surface area contributed by atoms with Gasteiger partial charge in [0.1, 0.15) is 0 Å². The van der Waals surface area contributed by atoms with Crippen LogP contribution in [-0.4, -0.2) is 14.3 Å². The molecule has 0 heterocycles. The molecule has 120 valence electrons.